The summed E-state index contributed by atoms with van der Waals surface area (Å²) in [6.07, 6.45) is 0. The van der Waals surface area contributed by atoms with Crippen molar-refractivity contribution in [2.24, 2.45) is 0 Å². The average Bonchev–Trinajstić information content (AvgIpc) is 2.78. The molecule has 8 nitrogen and oxygen atoms in total. The number of fused-ring (bicyclic) bond motifs is 1. The van der Waals surface area contributed by atoms with E-state index in [1.165, 1.54) is 45.6 Å². The molecule has 0 bridgehead atoms. The number of carbonyl (C=O) groups excluding carboxylic acids is 3. The zero-order valence-electron chi connectivity index (χ0n) is 16.5. The second kappa shape index (κ2) is 8.52. The van der Waals surface area contributed by atoms with Gasteiger partial charge in [-0.25, -0.2) is 9.59 Å². The minimum absolute atomic E-state index is 0.0337. The molecule has 0 radical (unpaired) electrons. The van der Waals surface area contributed by atoms with Crippen molar-refractivity contribution < 1.29 is 33.7 Å². The molecular formula is C22H19NO7. The number of amides is 1. The van der Waals surface area contributed by atoms with Crippen molar-refractivity contribution >= 4 is 34.3 Å². The van der Waals surface area contributed by atoms with Crippen molar-refractivity contribution in [1.29, 1.82) is 0 Å². The van der Waals surface area contributed by atoms with E-state index >= 15 is 0 Å². The van der Waals surface area contributed by atoms with Crippen LogP contribution in [0.3, 0.4) is 0 Å². The van der Waals surface area contributed by atoms with Gasteiger partial charge in [0.1, 0.15) is 11.5 Å². The Balaban J connectivity index is 2.04. The van der Waals surface area contributed by atoms with Gasteiger partial charge in [-0.15, -0.1) is 0 Å². The summed E-state index contributed by atoms with van der Waals surface area (Å²) in [4.78, 5) is 36.7. The lowest BCUT2D eigenvalue weighted by atomic mass is 10.0. The molecule has 0 aliphatic rings. The van der Waals surface area contributed by atoms with Gasteiger partial charge >= 0.3 is 11.9 Å². The molecule has 1 amide bonds. The van der Waals surface area contributed by atoms with E-state index in [2.05, 4.69) is 14.8 Å². The number of nitrogens with one attached hydrogen (secondary N) is 1. The summed E-state index contributed by atoms with van der Waals surface area (Å²) in [6.45, 7) is 0. The molecule has 0 unspecified atom stereocenters. The number of phenolic OH excluding ortho intramolecular Hbond substituents is 1. The Morgan fingerprint density at radius 2 is 1.40 bits per heavy atom. The number of esters is 2. The molecule has 3 aromatic carbocycles. The van der Waals surface area contributed by atoms with E-state index in [0.717, 1.165) is 0 Å². The largest absolute Gasteiger partial charge is 0.506 e. The highest BCUT2D eigenvalue weighted by atomic mass is 16.5. The van der Waals surface area contributed by atoms with Gasteiger partial charge in [0.15, 0.2) is 0 Å². The van der Waals surface area contributed by atoms with Crippen LogP contribution in [0.15, 0.2) is 48.5 Å². The van der Waals surface area contributed by atoms with Gasteiger partial charge in [-0.3, -0.25) is 4.79 Å². The Kier molecular flexibility index (Phi) is 5.87. The minimum Gasteiger partial charge on any atom is -0.506 e. The Labute approximate surface area is 172 Å². The number of rotatable bonds is 5. The molecular weight excluding hydrogens is 390 g/mol. The topological polar surface area (TPSA) is 111 Å². The maximum Gasteiger partial charge on any atom is 0.337 e. The zero-order chi connectivity index (χ0) is 21.8. The summed E-state index contributed by atoms with van der Waals surface area (Å²) in [5.41, 5.74) is 0.218. The summed E-state index contributed by atoms with van der Waals surface area (Å²) in [5, 5.41) is 14.3. The van der Waals surface area contributed by atoms with Crippen molar-refractivity contribution in [2.45, 2.75) is 0 Å². The van der Waals surface area contributed by atoms with Crippen LogP contribution in [-0.4, -0.2) is 44.3 Å². The summed E-state index contributed by atoms with van der Waals surface area (Å²) >= 11 is 0. The van der Waals surface area contributed by atoms with Gasteiger partial charge in [-0.05, 0) is 24.3 Å². The quantitative estimate of drug-likeness (QED) is 0.622. The van der Waals surface area contributed by atoms with Gasteiger partial charge in [0, 0.05) is 16.5 Å². The van der Waals surface area contributed by atoms with E-state index < -0.39 is 17.8 Å². The minimum atomic E-state index is -0.688. The van der Waals surface area contributed by atoms with Crippen LogP contribution in [0.4, 0.5) is 5.69 Å². The molecule has 0 saturated carbocycles. The number of methoxy groups -OCH3 is 3. The van der Waals surface area contributed by atoms with E-state index in [1.807, 2.05) is 0 Å². The first-order valence-corrected chi connectivity index (χ1v) is 8.81. The molecule has 0 saturated heterocycles. The van der Waals surface area contributed by atoms with Crippen molar-refractivity contribution in [3.8, 4) is 11.5 Å². The van der Waals surface area contributed by atoms with Crippen LogP contribution in [0, 0.1) is 0 Å². The molecule has 2 N–H and O–H groups in total. The van der Waals surface area contributed by atoms with Crippen LogP contribution in [0.25, 0.3) is 10.8 Å². The maximum absolute atomic E-state index is 12.9. The molecule has 0 aliphatic carbocycles. The zero-order valence-corrected chi connectivity index (χ0v) is 16.5. The second-order valence-electron chi connectivity index (χ2n) is 6.26. The Morgan fingerprint density at radius 3 is 1.93 bits per heavy atom. The third-order valence-corrected chi connectivity index (χ3v) is 4.48. The van der Waals surface area contributed by atoms with Crippen molar-refractivity contribution in [2.75, 3.05) is 26.6 Å². The summed E-state index contributed by atoms with van der Waals surface area (Å²) in [7, 11) is 3.86. The average molecular weight is 409 g/mol. The molecule has 0 atom stereocenters. The van der Waals surface area contributed by atoms with Crippen molar-refractivity contribution in [3.63, 3.8) is 0 Å². The smallest absolute Gasteiger partial charge is 0.337 e. The number of aromatic hydroxyl groups is 1. The van der Waals surface area contributed by atoms with E-state index in [0.29, 0.717) is 16.5 Å². The molecule has 3 aromatic rings. The summed E-state index contributed by atoms with van der Waals surface area (Å²) in [5.74, 6) is -1.85. The summed E-state index contributed by atoms with van der Waals surface area (Å²) < 4.78 is 14.7. The molecule has 0 aliphatic heterocycles. The van der Waals surface area contributed by atoms with Crippen LogP contribution in [0.2, 0.25) is 0 Å². The van der Waals surface area contributed by atoms with Gasteiger partial charge in [0.05, 0.1) is 38.0 Å². The molecule has 30 heavy (non-hydrogen) atoms. The number of carbonyl (C=O) groups is 3. The first-order valence-electron chi connectivity index (χ1n) is 8.81. The van der Waals surface area contributed by atoms with Crippen LogP contribution in [0.5, 0.6) is 11.5 Å². The molecule has 0 heterocycles. The number of phenols is 1. The van der Waals surface area contributed by atoms with Gasteiger partial charge < -0.3 is 24.6 Å². The van der Waals surface area contributed by atoms with Crippen molar-refractivity contribution in [3.05, 3.63) is 65.2 Å². The first-order chi connectivity index (χ1) is 14.4. The van der Waals surface area contributed by atoms with Gasteiger partial charge in [-0.2, -0.15) is 0 Å². The molecule has 0 aromatic heterocycles. The van der Waals surface area contributed by atoms with Gasteiger partial charge in [0.2, 0.25) is 0 Å². The number of hydrogen-bond acceptors (Lipinski definition) is 7. The molecule has 0 fully saturated rings. The second-order valence-corrected chi connectivity index (χ2v) is 6.26. The standard InChI is InChI=1S/C22H19NO7/c1-28-18-11-17(19(24)16-7-5-4-6-15(16)18)20(25)23-14-9-12(21(26)29-2)8-13(10-14)22(27)30-3/h4-11,24H,1-3H3,(H,23,25). The SMILES string of the molecule is COC(=O)c1cc(NC(=O)c2cc(OC)c3ccccc3c2O)cc(C(=O)OC)c1. The number of hydrogen-bond donors (Lipinski definition) is 2. The molecule has 154 valence electrons. The van der Waals surface area contributed by atoms with Crippen molar-refractivity contribution in [1.82, 2.24) is 0 Å². The van der Waals surface area contributed by atoms with E-state index in [9.17, 15) is 19.5 Å². The van der Waals surface area contributed by atoms with Crippen LogP contribution in [0.1, 0.15) is 31.1 Å². The van der Waals surface area contributed by atoms with Crippen LogP contribution in [-0.2, 0) is 9.47 Å². The number of anilines is 1. The normalized spacial score (nSPS) is 10.4. The highest BCUT2D eigenvalue weighted by Crippen LogP contribution is 2.36. The fraction of sp³-hybridized carbons (Fsp3) is 0.136. The van der Waals surface area contributed by atoms with Gasteiger partial charge in [0.25, 0.3) is 5.91 Å². The predicted octanol–water partition coefficient (Wildman–Crippen LogP) is 3.38. The molecule has 3 rings (SSSR count). The van der Waals surface area contributed by atoms with E-state index in [-0.39, 0.29) is 28.1 Å². The lowest BCUT2D eigenvalue weighted by Crippen LogP contribution is -2.15. The van der Waals surface area contributed by atoms with E-state index in [1.54, 1.807) is 24.3 Å². The van der Waals surface area contributed by atoms with Crippen LogP contribution < -0.4 is 10.1 Å². The monoisotopic (exact) mass is 409 g/mol. The Bertz CT molecular complexity index is 1120. The first kappa shape index (κ1) is 20.7. The number of benzene rings is 3. The van der Waals surface area contributed by atoms with Crippen LogP contribution >= 0.6 is 0 Å². The Morgan fingerprint density at radius 1 is 0.833 bits per heavy atom. The molecule has 8 heteroatoms. The fourth-order valence-electron chi connectivity index (χ4n) is 3.04. The Hall–Kier alpha value is -4.07. The third kappa shape index (κ3) is 3.88. The summed E-state index contributed by atoms with van der Waals surface area (Å²) in [6, 6.07) is 12.4. The van der Waals surface area contributed by atoms with Gasteiger partial charge in [-0.1, -0.05) is 24.3 Å². The van der Waals surface area contributed by atoms with E-state index in [4.69, 9.17) is 4.74 Å². The molecule has 0 spiro atoms. The highest BCUT2D eigenvalue weighted by molar-refractivity contribution is 6.12. The fourth-order valence-corrected chi connectivity index (χ4v) is 3.04. The lowest BCUT2D eigenvalue weighted by Gasteiger charge is -2.13. The number of ether oxygens (including phenoxy) is 3. The third-order valence-electron chi connectivity index (χ3n) is 4.48. The predicted molar refractivity (Wildman–Crippen MR) is 109 cm³/mol. The lowest BCUT2D eigenvalue weighted by molar-refractivity contribution is 0.0599. The maximum atomic E-state index is 12.9. The highest BCUT2D eigenvalue weighted by Gasteiger charge is 2.20.